The molecule has 0 aliphatic rings. The minimum absolute atomic E-state index is 0.0248. The van der Waals surface area contributed by atoms with Crippen molar-refractivity contribution in [2.75, 3.05) is 31.6 Å². The molecule has 47 heavy (non-hydrogen) atoms. The molecule has 248 valence electrons. The lowest BCUT2D eigenvalue weighted by Crippen LogP contribution is -2.53. The number of carbonyl (C=O) groups excluding carboxylic acids is 2. The number of hydrogen-bond donors (Lipinski definition) is 1. The highest BCUT2D eigenvalue weighted by Gasteiger charge is 2.35. The lowest BCUT2D eigenvalue weighted by Gasteiger charge is -2.34. The van der Waals surface area contributed by atoms with Gasteiger partial charge < -0.3 is 19.7 Å². The van der Waals surface area contributed by atoms with Crippen molar-refractivity contribution < 1.29 is 31.9 Å². The van der Waals surface area contributed by atoms with Gasteiger partial charge in [-0.15, -0.1) is 0 Å². The number of methoxy groups -OCH3 is 2. The van der Waals surface area contributed by atoms with Crippen LogP contribution in [0, 0.1) is 11.7 Å². The smallest absolute Gasteiger partial charge is 0.264 e. The van der Waals surface area contributed by atoms with Crippen molar-refractivity contribution in [1.29, 1.82) is 0 Å². The molecule has 0 heterocycles. The molecule has 0 aliphatic heterocycles. The average Bonchev–Trinajstić information content (AvgIpc) is 3.08. The minimum Gasteiger partial charge on any atom is -0.493 e. The maximum absolute atomic E-state index is 14.5. The molecule has 0 spiro atoms. The van der Waals surface area contributed by atoms with E-state index in [1.54, 1.807) is 24.3 Å². The number of nitrogens with one attached hydrogen (secondary N) is 1. The van der Waals surface area contributed by atoms with E-state index in [0.29, 0.717) is 17.9 Å². The number of benzene rings is 4. The molecule has 0 bridgehead atoms. The lowest BCUT2D eigenvalue weighted by atomic mass is 10.0. The molecule has 1 N–H and O–H groups in total. The molecule has 0 aromatic heterocycles. The Bertz CT molecular complexity index is 1740. The van der Waals surface area contributed by atoms with Gasteiger partial charge in [0, 0.05) is 25.6 Å². The number of amides is 2. The molecule has 2 amide bonds. The quantitative estimate of drug-likeness (QED) is 0.182. The maximum atomic E-state index is 14.5. The van der Waals surface area contributed by atoms with Crippen molar-refractivity contribution in [1.82, 2.24) is 10.2 Å². The molecule has 11 heteroatoms. The Morgan fingerprint density at radius 2 is 1.43 bits per heavy atom. The first-order valence-electron chi connectivity index (χ1n) is 15.2. The molecule has 0 radical (unpaired) electrons. The highest BCUT2D eigenvalue weighted by molar-refractivity contribution is 7.92. The summed E-state index contributed by atoms with van der Waals surface area (Å²) in [5.74, 6) is -0.679. The molecule has 9 nitrogen and oxygen atoms in total. The van der Waals surface area contributed by atoms with Gasteiger partial charge in [-0.2, -0.15) is 0 Å². The van der Waals surface area contributed by atoms with Crippen molar-refractivity contribution in [3.63, 3.8) is 0 Å². The predicted molar refractivity (Wildman–Crippen MR) is 179 cm³/mol. The van der Waals surface area contributed by atoms with Gasteiger partial charge in [0.25, 0.3) is 10.0 Å². The largest absolute Gasteiger partial charge is 0.493 e. The van der Waals surface area contributed by atoms with E-state index >= 15 is 0 Å². The number of carbonyl (C=O) groups is 2. The number of nitrogens with zero attached hydrogens (tertiary/aromatic N) is 2. The normalized spacial score (nSPS) is 11.9. The van der Waals surface area contributed by atoms with E-state index in [4.69, 9.17) is 9.47 Å². The summed E-state index contributed by atoms with van der Waals surface area (Å²) in [6.45, 7) is 3.59. The third-order valence-corrected chi connectivity index (χ3v) is 9.28. The van der Waals surface area contributed by atoms with Crippen molar-refractivity contribution in [2.45, 2.75) is 37.8 Å². The Kier molecular flexibility index (Phi) is 12.0. The summed E-state index contributed by atoms with van der Waals surface area (Å²) in [7, 11) is -1.40. The van der Waals surface area contributed by atoms with E-state index in [9.17, 15) is 22.4 Å². The zero-order valence-corrected chi connectivity index (χ0v) is 27.7. The predicted octanol–water partition coefficient (Wildman–Crippen LogP) is 5.45. The van der Waals surface area contributed by atoms with Crippen molar-refractivity contribution in [2.24, 2.45) is 5.92 Å². The van der Waals surface area contributed by atoms with E-state index in [1.165, 1.54) is 67.7 Å². The Morgan fingerprint density at radius 3 is 2.02 bits per heavy atom. The molecule has 0 saturated carbocycles. The summed E-state index contributed by atoms with van der Waals surface area (Å²) < 4.78 is 54.0. The van der Waals surface area contributed by atoms with Crippen LogP contribution < -0.4 is 19.1 Å². The number of hydrogen-bond acceptors (Lipinski definition) is 6. The number of ether oxygens (including phenoxy) is 2. The van der Waals surface area contributed by atoms with E-state index in [-0.39, 0.29) is 41.1 Å². The van der Waals surface area contributed by atoms with E-state index in [0.717, 1.165) is 9.87 Å². The van der Waals surface area contributed by atoms with E-state index < -0.39 is 34.3 Å². The highest BCUT2D eigenvalue weighted by atomic mass is 32.2. The van der Waals surface area contributed by atoms with Crippen LogP contribution in [0.15, 0.2) is 108 Å². The number of rotatable bonds is 15. The summed E-state index contributed by atoms with van der Waals surface area (Å²) in [6.07, 6.45) is 0.166. The first kappa shape index (κ1) is 35.0. The Hall–Kier alpha value is -4.90. The van der Waals surface area contributed by atoms with Crippen LogP contribution in [0.4, 0.5) is 10.1 Å². The maximum Gasteiger partial charge on any atom is 0.264 e. The van der Waals surface area contributed by atoms with Gasteiger partial charge in [0.2, 0.25) is 11.8 Å². The average molecular weight is 662 g/mol. The number of halogens is 1. The second kappa shape index (κ2) is 16.1. The van der Waals surface area contributed by atoms with Crippen LogP contribution in [0.1, 0.15) is 25.0 Å². The van der Waals surface area contributed by atoms with Crippen molar-refractivity contribution in [3.05, 3.63) is 120 Å². The summed E-state index contributed by atoms with van der Waals surface area (Å²) in [6, 6.07) is 26.2. The second-order valence-corrected chi connectivity index (χ2v) is 13.2. The van der Waals surface area contributed by atoms with Crippen LogP contribution >= 0.6 is 0 Å². The summed E-state index contributed by atoms with van der Waals surface area (Å²) in [5, 5.41) is 2.95. The fraction of sp³-hybridized carbons (Fsp3) is 0.278. The van der Waals surface area contributed by atoms with Crippen LogP contribution in [-0.4, -0.2) is 58.5 Å². The zero-order valence-electron chi connectivity index (χ0n) is 26.9. The molecular formula is C36H40FN3O6S. The summed E-state index contributed by atoms with van der Waals surface area (Å²) in [5.41, 5.74) is 1.53. The van der Waals surface area contributed by atoms with E-state index in [1.807, 2.05) is 44.2 Å². The van der Waals surface area contributed by atoms with Gasteiger partial charge in [-0.3, -0.25) is 13.9 Å². The van der Waals surface area contributed by atoms with Crippen LogP contribution in [0.2, 0.25) is 0 Å². The first-order chi connectivity index (χ1) is 22.5. The first-order valence-corrected chi connectivity index (χ1v) is 16.6. The molecule has 1 unspecified atom stereocenters. The fourth-order valence-electron chi connectivity index (χ4n) is 4.99. The standard InChI is InChI=1S/C36H40FN3O6S/c1-26(2)23-38-36(42)32(21-27-11-7-5-8-12-27)39(24-28-15-17-29(37)18-16-28)35(41)25-40(47(43,44)31-13-9-6-10-14-31)30-19-20-33(45-3)34(22-30)46-4/h5-20,22,26,32H,21,23-25H2,1-4H3,(H,38,42). The van der Waals surface area contributed by atoms with E-state index in [2.05, 4.69) is 5.32 Å². The monoisotopic (exact) mass is 661 g/mol. The number of anilines is 1. The van der Waals surface area contributed by atoms with Gasteiger partial charge in [-0.25, -0.2) is 12.8 Å². The Balaban J connectivity index is 1.82. The fourth-order valence-corrected chi connectivity index (χ4v) is 6.42. The Morgan fingerprint density at radius 1 is 0.809 bits per heavy atom. The molecule has 4 aromatic rings. The van der Waals surface area contributed by atoms with Gasteiger partial charge in [-0.05, 0) is 53.4 Å². The summed E-state index contributed by atoms with van der Waals surface area (Å²) >= 11 is 0. The van der Waals surface area contributed by atoms with Crippen LogP contribution in [0.25, 0.3) is 0 Å². The van der Waals surface area contributed by atoms with Gasteiger partial charge >= 0.3 is 0 Å². The molecule has 4 rings (SSSR count). The van der Waals surface area contributed by atoms with Gasteiger partial charge in [0.1, 0.15) is 18.4 Å². The van der Waals surface area contributed by atoms with Crippen molar-refractivity contribution >= 4 is 27.5 Å². The van der Waals surface area contributed by atoms with Crippen molar-refractivity contribution in [3.8, 4) is 11.5 Å². The molecule has 0 fully saturated rings. The number of sulfonamides is 1. The summed E-state index contributed by atoms with van der Waals surface area (Å²) in [4.78, 5) is 29.7. The van der Waals surface area contributed by atoms with Crippen LogP contribution in [0.5, 0.6) is 11.5 Å². The SMILES string of the molecule is COc1ccc(N(CC(=O)N(Cc2ccc(F)cc2)C(Cc2ccccc2)C(=O)NCC(C)C)S(=O)(=O)c2ccccc2)cc1OC. The van der Waals surface area contributed by atoms with Gasteiger partial charge in [0.05, 0.1) is 24.8 Å². The highest BCUT2D eigenvalue weighted by Crippen LogP contribution is 2.34. The molecule has 0 saturated heterocycles. The molecule has 0 aliphatic carbocycles. The third kappa shape index (κ3) is 9.10. The molecule has 4 aromatic carbocycles. The second-order valence-electron chi connectivity index (χ2n) is 11.4. The zero-order chi connectivity index (χ0) is 34.0. The van der Waals surface area contributed by atoms with Crippen LogP contribution in [0.3, 0.4) is 0 Å². The topological polar surface area (TPSA) is 105 Å². The van der Waals surface area contributed by atoms with Crippen LogP contribution in [-0.2, 0) is 32.6 Å². The molecular weight excluding hydrogens is 621 g/mol. The molecule has 1 atom stereocenters. The Labute approximate surface area is 276 Å². The van der Waals surface area contributed by atoms with Gasteiger partial charge in [0.15, 0.2) is 11.5 Å². The lowest BCUT2D eigenvalue weighted by molar-refractivity contribution is -0.140. The third-order valence-electron chi connectivity index (χ3n) is 7.49. The minimum atomic E-state index is -4.29. The van der Waals surface area contributed by atoms with Gasteiger partial charge in [-0.1, -0.05) is 74.5 Å².